The zero-order valence-corrected chi connectivity index (χ0v) is 11.9. The Bertz CT molecular complexity index is 367. The minimum absolute atomic E-state index is 0.194. The van der Waals surface area contributed by atoms with Crippen molar-refractivity contribution < 1.29 is 9.84 Å². The minimum atomic E-state index is 0.194. The van der Waals surface area contributed by atoms with Crippen molar-refractivity contribution in [2.45, 2.75) is 12.8 Å². The van der Waals surface area contributed by atoms with E-state index in [1.54, 1.807) is 0 Å². The molecule has 0 aromatic heterocycles. The molecule has 1 aliphatic rings. The van der Waals surface area contributed by atoms with Gasteiger partial charge in [0.1, 0.15) is 5.75 Å². The van der Waals surface area contributed by atoms with Crippen molar-refractivity contribution in [3.63, 3.8) is 0 Å². The number of para-hydroxylation sites is 1. The van der Waals surface area contributed by atoms with Gasteiger partial charge >= 0.3 is 0 Å². The number of halogens is 1. The largest absolute Gasteiger partial charge is 0.492 e. The zero-order chi connectivity index (χ0) is 12.8. The number of ether oxygens (including phenoxy) is 1. The summed E-state index contributed by atoms with van der Waals surface area (Å²) >= 11 is 8.05. The number of hydrogen-bond acceptors (Lipinski definition) is 3. The Morgan fingerprint density at radius 3 is 2.72 bits per heavy atom. The molecule has 4 heteroatoms. The molecule has 1 aliphatic heterocycles. The molecule has 1 atom stereocenters. The highest BCUT2D eigenvalue weighted by Gasteiger charge is 2.24. The first-order valence-electron chi connectivity index (χ1n) is 6.37. The summed E-state index contributed by atoms with van der Waals surface area (Å²) in [6.07, 6.45) is 2.36. The smallest absolute Gasteiger partial charge is 0.137 e. The average Bonchev–Trinajstić information content (AvgIpc) is 2.42. The van der Waals surface area contributed by atoms with Crippen LogP contribution in [-0.4, -0.2) is 29.8 Å². The molecule has 0 saturated carbocycles. The molecule has 0 spiro atoms. The Labute approximate surface area is 118 Å². The maximum absolute atomic E-state index is 9.51. The first-order chi connectivity index (χ1) is 8.81. The Hall–Kier alpha value is -0.380. The first kappa shape index (κ1) is 14.0. The molecule has 1 aromatic carbocycles. The number of aliphatic hydroxyl groups is 1. The van der Waals surface area contributed by atoms with Crippen LogP contribution in [0.1, 0.15) is 12.8 Å². The number of aliphatic hydroxyl groups excluding tert-OH is 1. The SMILES string of the molecule is OCC(COc1ccccc1Cl)C1CCSCC1. The highest BCUT2D eigenvalue weighted by Crippen LogP contribution is 2.30. The van der Waals surface area contributed by atoms with E-state index in [2.05, 4.69) is 0 Å². The van der Waals surface area contributed by atoms with Gasteiger partial charge < -0.3 is 9.84 Å². The van der Waals surface area contributed by atoms with E-state index < -0.39 is 0 Å². The topological polar surface area (TPSA) is 29.5 Å². The molecule has 0 aliphatic carbocycles. The Morgan fingerprint density at radius 2 is 2.06 bits per heavy atom. The van der Waals surface area contributed by atoms with Crippen molar-refractivity contribution in [1.29, 1.82) is 0 Å². The molecule has 0 bridgehead atoms. The van der Waals surface area contributed by atoms with Crippen LogP contribution < -0.4 is 4.74 Å². The molecule has 1 fully saturated rings. The molecule has 0 amide bonds. The van der Waals surface area contributed by atoms with E-state index >= 15 is 0 Å². The minimum Gasteiger partial charge on any atom is -0.492 e. The Morgan fingerprint density at radius 1 is 1.33 bits per heavy atom. The third-order valence-corrected chi connectivity index (χ3v) is 4.82. The fourth-order valence-electron chi connectivity index (χ4n) is 2.28. The number of rotatable bonds is 5. The molecule has 1 saturated heterocycles. The first-order valence-corrected chi connectivity index (χ1v) is 7.90. The van der Waals surface area contributed by atoms with Crippen molar-refractivity contribution in [3.8, 4) is 5.75 Å². The standard InChI is InChI=1S/C14H19ClO2S/c15-13-3-1-2-4-14(13)17-10-12(9-16)11-5-7-18-8-6-11/h1-4,11-12,16H,5-10H2. The highest BCUT2D eigenvalue weighted by molar-refractivity contribution is 7.99. The van der Waals surface area contributed by atoms with Gasteiger partial charge in [-0.3, -0.25) is 0 Å². The van der Waals surface area contributed by atoms with Crippen LogP contribution >= 0.6 is 23.4 Å². The molecular weight excluding hydrogens is 268 g/mol. The molecular formula is C14H19ClO2S. The van der Waals surface area contributed by atoms with E-state index in [1.807, 2.05) is 36.0 Å². The number of thioether (sulfide) groups is 1. The van der Waals surface area contributed by atoms with Gasteiger partial charge in [-0.25, -0.2) is 0 Å². The van der Waals surface area contributed by atoms with E-state index in [-0.39, 0.29) is 12.5 Å². The van der Waals surface area contributed by atoms with Crippen molar-refractivity contribution in [2.75, 3.05) is 24.7 Å². The summed E-state index contributed by atoms with van der Waals surface area (Å²) in [6.45, 7) is 0.745. The second kappa shape index (κ2) is 7.27. The third kappa shape index (κ3) is 3.81. The van der Waals surface area contributed by atoms with E-state index in [4.69, 9.17) is 16.3 Å². The normalized spacial score (nSPS) is 18.6. The van der Waals surface area contributed by atoms with Gasteiger partial charge in [0, 0.05) is 12.5 Å². The lowest BCUT2D eigenvalue weighted by Crippen LogP contribution is -2.28. The summed E-state index contributed by atoms with van der Waals surface area (Å²) < 4.78 is 5.74. The van der Waals surface area contributed by atoms with Crippen molar-refractivity contribution in [2.24, 2.45) is 11.8 Å². The van der Waals surface area contributed by atoms with Gasteiger partial charge in [-0.1, -0.05) is 23.7 Å². The van der Waals surface area contributed by atoms with E-state index in [0.29, 0.717) is 23.3 Å². The second-order valence-corrected chi connectivity index (χ2v) is 6.27. The quantitative estimate of drug-likeness (QED) is 0.899. The van der Waals surface area contributed by atoms with Crippen molar-refractivity contribution in [3.05, 3.63) is 29.3 Å². The molecule has 1 aromatic rings. The molecule has 2 nitrogen and oxygen atoms in total. The Kier molecular flexibility index (Phi) is 5.67. The number of hydrogen-bond donors (Lipinski definition) is 1. The van der Waals surface area contributed by atoms with Crippen LogP contribution in [0.3, 0.4) is 0 Å². The molecule has 100 valence electrons. The fraction of sp³-hybridized carbons (Fsp3) is 0.571. The molecule has 1 heterocycles. The molecule has 1 unspecified atom stereocenters. The van der Waals surface area contributed by atoms with Gasteiger partial charge in [-0.15, -0.1) is 0 Å². The van der Waals surface area contributed by atoms with Crippen LogP contribution in [0.5, 0.6) is 5.75 Å². The van der Waals surface area contributed by atoms with Gasteiger partial charge in [0.25, 0.3) is 0 Å². The maximum atomic E-state index is 9.51. The zero-order valence-electron chi connectivity index (χ0n) is 10.3. The van der Waals surface area contributed by atoms with Gasteiger partial charge in [0.05, 0.1) is 11.6 Å². The fourth-order valence-corrected chi connectivity index (χ4v) is 3.62. The summed E-state index contributed by atoms with van der Waals surface area (Å²) in [5.41, 5.74) is 0. The molecule has 2 rings (SSSR count). The van der Waals surface area contributed by atoms with Crippen LogP contribution in [0.15, 0.2) is 24.3 Å². The van der Waals surface area contributed by atoms with Crippen LogP contribution in [0.4, 0.5) is 0 Å². The molecule has 18 heavy (non-hydrogen) atoms. The van der Waals surface area contributed by atoms with Gasteiger partial charge in [0.15, 0.2) is 0 Å². The summed E-state index contributed by atoms with van der Waals surface area (Å²) in [5.74, 6) is 3.92. The van der Waals surface area contributed by atoms with Gasteiger partial charge in [-0.05, 0) is 42.4 Å². The third-order valence-electron chi connectivity index (χ3n) is 3.46. The van der Waals surface area contributed by atoms with Gasteiger partial charge in [0.2, 0.25) is 0 Å². The van der Waals surface area contributed by atoms with Crippen LogP contribution in [0.25, 0.3) is 0 Å². The Balaban J connectivity index is 1.88. The molecule has 1 N–H and O–H groups in total. The highest BCUT2D eigenvalue weighted by atomic mass is 35.5. The summed E-state index contributed by atoms with van der Waals surface area (Å²) in [7, 11) is 0. The van der Waals surface area contributed by atoms with Crippen LogP contribution in [0.2, 0.25) is 5.02 Å². The second-order valence-electron chi connectivity index (χ2n) is 4.63. The predicted octanol–water partition coefficient (Wildman–Crippen LogP) is 3.47. The lowest BCUT2D eigenvalue weighted by Gasteiger charge is -2.28. The molecule has 0 radical (unpaired) electrons. The maximum Gasteiger partial charge on any atom is 0.137 e. The lowest BCUT2D eigenvalue weighted by atomic mass is 9.88. The van der Waals surface area contributed by atoms with Crippen molar-refractivity contribution >= 4 is 23.4 Å². The van der Waals surface area contributed by atoms with E-state index in [1.165, 1.54) is 24.3 Å². The van der Waals surface area contributed by atoms with Crippen LogP contribution in [-0.2, 0) is 0 Å². The summed E-state index contributed by atoms with van der Waals surface area (Å²) in [4.78, 5) is 0. The summed E-state index contributed by atoms with van der Waals surface area (Å²) in [5, 5.41) is 10.1. The van der Waals surface area contributed by atoms with Crippen LogP contribution in [0, 0.1) is 11.8 Å². The summed E-state index contributed by atoms with van der Waals surface area (Å²) in [6, 6.07) is 7.49. The van der Waals surface area contributed by atoms with E-state index in [9.17, 15) is 5.11 Å². The predicted molar refractivity (Wildman–Crippen MR) is 77.6 cm³/mol. The monoisotopic (exact) mass is 286 g/mol. The lowest BCUT2D eigenvalue weighted by molar-refractivity contribution is 0.113. The number of benzene rings is 1. The van der Waals surface area contributed by atoms with Gasteiger partial charge in [-0.2, -0.15) is 11.8 Å². The average molecular weight is 287 g/mol. The van der Waals surface area contributed by atoms with E-state index in [0.717, 1.165) is 0 Å². The van der Waals surface area contributed by atoms with Crippen molar-refractivity contribution in [1.82, 2.24) is 0 Å².